The molecule has 110 valence electrons. The fraction of sp³-hybridized carbons (Fsp3) is 0.533. The molecule has 1 atom stereocenters. The molecule has 2 heterocycles. The molecule has 2 rings (SSSR count). The van der Waals surface area contributed by atoms with E-state index in [-0.39, 0.29) is 4.88 Å². The number of esters is 1. The van der Waals surface area contributed by atoms with Crippen molar-refractivity contribution in [3.63, 3.8) is 0 Å². The van der Waals surface area contributed by atoms with Crippen molar-refractivity contribution in [2.75, 3.05) is 6.61 Å². The van der Waals surface area contributed by atoms with Gasteiger partial charge in [-0.2, -0.15) is 11.3 Å². The smallest absolute Gasteiger partial charge is 0.351 e. The van der Waals surface area contributed by atoms with Crippen LogP contribution in [-0.4, -0.2) is 12.6 Å². The molecular formula is C15H19FO2S2. The zero-order chi connectivity index (χ0) is 14.5. The molecule has 0 saturated carbocycles. The van der Waals surface area contributed by atoms with Crippen LogP contribution in [0.15, 0.2) is 10.8 Å². The maximum Gasteiger partial charge on any atom is 0.351 e. The molecule has 0 amide bonds. The van der Waals surface area contributed by atoms with Crippen LogP contribution in [0.5, 0.6) is 0 Å². The lowest BCUT2D eigenvalue weighted by atomic mass is 10.0. The van der Waals surface area contributed by atoms with E-state index in [1.165, 1.54) is 22.7 Å². The summed E-state index contributed by atoms with van der Waals surface area (Å²) in [4.78, 5) is 12.1. The number of unbranched alkanes of at least 4 members (excludes halogenated alkanes) is 1. The predicted molar refractivity (Wildman–Crippen MR) is 83.2 cm³/mol. The zero-order valence-electron chi connectivity index (χ0n) is 11.8. The first-order chi connectivity index (χ1) is 9.67. The van der Waals surface area contributed by atoms with E-state index in [4.69, 9.17) is 4.74 Å². The number of ether oxygens (including phenoxy) is 1. The highest BCUT2D eigenvalue weighted by atomic mass is 32.1. The summed E-state index contributed by atoms with van der Waals surface area (Å²) in [6, 6.07) is 0. The zero-order valence-corrected chi connectivity index (χ0v) is 13.4. The Kier molecular flexibility index (Phi) is 5.54. The van der Waals surface area contributed by atoms with Crippen molar-refractivity contribution < 1.29 is 13.9 Å². The van der Waals surface area contributed by atoms with E-state index in [9.17, 15) is 9.18 Å². The van der Waals surface area contributed by atoms with Crippen molar-refractivity contribution in [2.24, 2.45) is 5.92 Å². The number of hydrogen-bond acceptors (Lipinski definition) is 4. The number of rotatable bonds is 7. The summed E-state index contributed by atoms with van der Waals surface area (Å²) in [6.07, 6.45) is 4.32. The van der Waals surface area contributed by atoms with E-state index in [1.807, 2.05) is 5.38 Å². The Bertz CT molecular complexity index is 573. The molecule has 0 aromatic carbocycles. The van der Waals surface area contributed by atoms with E-state index in [2.05, 4.69) is 13.8 Å². The lowest BCUT2D eigenvalue weighted by molar-refractivity contribution is 0.0429. The molecule has 5 heteroatoms. The molecule has 0 fully saturated rings. The summed E-state index contributed by atoms with van der Waals surface area (Å²) in [5.41, 5.74) is 0. The summed E-state index contributed by atoms with van der Waals surface area (Å²) in [6.45, 7) is 4.63. The first kappa shape index (κ1) is 15.4. The van der Waals surface area contributed by atoms with Crippen LogP contribution in [0.3, 0.4) is 0 Å². The number of carbonyl (C=O) groups excluding carboxylic acids is 1. The topological polar surface area (TPSA) is 26.3 Å². The second-order valence-electron chi connectivity index (χ2n) is 4.91. The second kappa shape index (κ2) is 7.18. The van der Waals surface area contributed by atoms with Crippen molar-refractivity contribution in [3.8, 4) is 0 Å². The van der Waals surface area contributed by atoms with E-state index in [0.717, 1.165) is 30.4 Å². The maximum atomic E-state index is 14.0. The van der Waals surface area contributed by atoms with Crippen LogP contribution in [0.25, 0.3) is 10.1 Å². The largest absolute Gasteiger partial charge is 0.461 e. The van der Waals surface area contributed by atoms with Crippen LogP contribution < -0.4 is 0 Å². The molecule has 1 unspecified atom stereocenters. The van der Waals surface area contributed by atoms with Gasteiger partial charge in [0, 0.05) is 20.8 Å². The molecule has 0 saturated heterocycles. The Morgan fingerprint density at radius 1 is 1.40 bits per heavy atom. The standard InChI is InChI=1S/C15H19FO2S2/c1-3-5-6-10(4-2)7-18-15(17)14-13(16)11-8-19-9-12(11)20-14/h8-10H,3-7H2,1-2H3. The van der Waals surface area contributed by atoms with Crippen molar-refractivity contribution in [2.45, 2.75) is 39.5 Å². The first-order valence-electron chi connectivity index (χ1n) is 6.98. The van der Waals surface area contributed by atoms with E-state index in [0.29, 0.717) is 17.9 Å². The first-order valence-corrected chi connectivity index (χ1v) is 8.74. The van der Waals surface area contributed by atoms with Crippen LogP contribution in [0.4, 0.5) is 4.39 Å². The Hall–Kier alpha value is -0.940. The van der Waals surface area contributed by atoms with Crippen molar-refractivity contribution in [3.05, 3.63) is 21.5 Å². The number of hydrogen-bond donors (Lipinski definition) is 0. The molecule has 20 heavy (non-hydrogen) atoms. The predicted octanol–water partition coefficient (Wildman–Crippen LogP) is 5.48. The lowest BCUT2D eigenvalue weighted by Crippen LogP contribution is -2.14. The van der Waals surface area contributed by atoms with Gasteiger partial charge in [-0.05, 0) is 12.3 Å². The Labute approximate surface area is 126 Å². The third kappa shape index (κ3) is 3.38. The van der Waals surface area contributed by atoms with Gasteiger partial charge in [-0.15, -0.1) is 11.3 Å². The minimum Gasteiger partial charge on any atom is -0.461 e. The lowest BCUT2D eigenvalue weighted by Gasteiger charge is -2.14. The van der Waals surface area contributed by atoms with Crippen LogP contribution in [0.1, 0.15) is 49.2 Å². The van der Waals surface area contributed by atoms with Gasteiger partial charge >= 0.3 is 5.97 Å². The SMILES string of the molecule is CCCCC(CC)COC(=O)c1sc2cscc2c1F. The third-order valence-corrected chi connectivity index (χ3v) is 5.45. The molecule has 0 N–H and O–H groups in total. The van der Waals surface area contributed by atoms with E-state index < -0.39 is 11.8 Å². The molecular weight excluding hydrogens is 295 g/mol. The number of fused-ring (bicyclic) bond motifs is 1. The van der Waals surface area contributed by atoms with Crippen LogP contribution in [-0.2, 0) is 4.74 Å². The molecule has 2 nitrogen and oxygen atoms in total. The molecule has 0 aliphatic heterocycles. The summed E-state index contributed by atoms with van der Waals surface area (Å²) in [7, 11) is 0. The fourth-order valence-corrected chi connectivity index (χ4v) is 4.03. The van der Waals surface area contributed by atoms with E-state index in [1.54, 1.807) is 5.38 Å². The molecule has 2 aromatic heterocycles. The van der Waals surface area contributed by atoms with E-state index >= 15 is 0 Å². The average molecular weight is 314 g/mol. The van der Waals surface area contributed by atoms with Gasteiger partial charge < -0.3 is 4.74 Å². The summed E-state index contributed by atoms with van der Waals surface area (Å²) in [5.74, 6) is -0.580. The highest BCUT2D eigenvalue weighted by Gasteiger charge is 2.21. The molecule has 0 radical (unpaired) electrons. The Morgan fingerprint density at radius 3 is 2.85 bits per heavy atom. The highest BCUT2D eigenvalue weighted by Crippen LogP contribution is 2.33. The third-order valence-electron chi connectivity index (χ3n) is 3.45. The van der Waals surface area contributed by atoms with Gasteiger partial charge in [-0.1, -0.05) is 33.1 Å². The Balaban J connectivity index is 1.97. The average Bonchev–Trinajstić information content (AvgIpc) is 3.02. The van der Waals surface area contributed by atoms with Crippen LogP contribution in [0.2, 0.25) is 0 Å². The monoisotopic (exact) mass is 314 g/mol. The fourth-order valence-electron chi connectivity index (χ4n) is 2.09. The van der Waals surface area contributed by atoms with Gasteiger partial charge in [0.1, 0.15) is 4.88 Å². The van der Waals surface area contributed by atoms with Gasteiger partial charge in [0.25, 0.3) is 0 Å². The summed E-state index contributed by atoms with van der Waals surface area (Å²) in [5, 5.41) is 4.12. The normalized spacial score (nSPS) is 12.8. The van der Waals surface area contributed by atoms with Crippen molar-refractivity contribution >= 4 is 38.7 Å². The summed E-state index contributed by atoms with van der Waals surface area (Å²) >= 11 is 2.62. The van der Waals surface area contributed by atoms with Gasteiger partial charge in [-0.25, -0.2) is 9.18 Å². The molecule has 0 aliphatic carbocycles. The second-order valence-corrected chi connectivity index (χ2v) is 6.71. The molecule has 0 bridgehead atoms. The van der Waals surface area contributed by atoms with Crippen LogP contribution >= 0.6 is 22.7 Å². The van der Waals surface area contributed by atoms with Gasteiger partial charge in [0.2, 0.25) is 0 Å². The van der Waals surface area contributed by atoms with Gasteiger partial charge in [-0.3, -0.25) is 0 Å². The minimum absolute atomic E-state index is 0.105. The molecule has 0 aliphatic rings. The highest BCUT2D eigenvalue weighted by molar-refractivity contribution is 7.24. The number of thiophene rings is 2. The quantitative estimate of drug-likeness (QED) is 0.633. The van der Waals surface area contributed by atoms with Gasteiger partial charge in [0.05, 0.1) is 6.61 Å². The molecule has 0 spiro atoms. The summed E-state index contributed by atoms with van der Waals surface area (Å²) < 4.78 is 20.1. The maximum absolute atomic E-state index is 14.0. The molecule has 2 aromatic rings. The van der Waals surface area contributed by atoms with Crippen molar-refractivity contribution in [1.29, 1.82) is 0 Å². The Morgan fingerprint density at radius 2 is 2.20 bits per heavy atom. The van der Waals surface area contributed by atoms with Crippen molar-refractivity contribution in [1.82, 2.24) is 0 Å². The minimum atomic E-state index is -0.524. The number of halogens is 1. The van der Waals surface area contributed by atoms with Crippen LogP contribution in [0, 0.1) is 11.7 Å². The number of carbonyl (C=O) groups is 1. The van der Waals surface area contributed by atoms with Gasteiger partial charge in [0.15, 0.2) is 5.82 Å².